The van der Waals surface area contributed by atoms with E-state index in [4.69, 9.17) is 0 Å². The van der Waals surface area contributed by atoms with Crippen LogP contribution in [-0.2, 0) is 18.5 Å². The van der Waals surface area contributed by atoms with E-state index in [2.05, 4.69) is 0 Å². The second-order valence-corrected chi connectivity index (χ2v) is 9.84. The van der Waals surface area contributed by atoms with Crippen molar-refractivity contribution in [3.8, 4) is 33.4 Å². The minimum Gasteiger partial charge on any atom is -0.298 e. The van der Waals surface area contributed by atoms with Gasteiger partial charge in [0.2, 0.25) is 0 Å². The van der Waals surface area contributed by atoms with Crippen LogP contribution in [0.15, 0.2) is 91.0 Å². The van der Waals surface area contributed by atoms with Gasteiger partial charge in [-0.15, -0.1) is 0 Å². The Hall–Kier alpha value is -4.93. The van der Waals surface area contributed by atoms with Crippen LogP contribution in [0.2, 0.25) is 0 Å². The SMILES string of the molecule is O=Cc1cc(-c2ccc(C(F)(F)F)cc2)cc2c(-c3ccc(C(F)(F)F)cc3)c(-c3ccc(C(F)(F)F)cc3)cc(C=O)c12. The van der Waals surface area contributed by atoms with Crippen molar-refractivity contribution in [3.05, 3.63) is 119 Å². The second-order valence-electron chi connectivity index (χ2n) is 9.84. The van der Waals surface area contributed by atoms with Gasteiger partial charge in [0.1, 0.15) is 0 Å². The minimum absolute atomic E-state index is 0.0355. The number of carbonyl (C=O) groups excluding carboxylic acids is 2. The highest BCUT2D eigenvalue weighted by Gasteiger charge is 2.32. The zero-order valence-corrected chi connectivity index (χ0v) is 22.0. The molecule has 0 saturated heterocycles. The average Bonchev–Trinajstić information content (AvgIpc) is 2.98. The Morgan fingerprint density at radius 1 is 0.432 bits per heavy atom. The summed E-state index contributed by atoms with van der Waals surface area (Å²) in [5.41, 5.74) is -1.68. The number of fused-ring (bicyclic) bond motifs is 1. The molecule has 0 saturated carbocycles. The van der Waals surface area contributed by atoms with Gasteiger partial charge in [-0.3, -0.25) is 9.59 Å². The zero-order chi connectivity index (χ0) is 32.0. The van der Waals surface area contributed by atoms with Crippen LogP contribution in [0.4, 0.5) is 39.5 Å². The zero-order valence-electron chi connectivity index (χ0n) is 22.0. The summed E-state index contributed by atoms with van der Waals surface area (Å²) in [6.07, 6.45) is -13.1. The van der Waals surface area contributed by atoms with Crippen LogP contribution in [0, 0.1) is 0 Å². The van der Waals surface area contributed by atoms with Gasteiger partial charge >= 0.3 is 18.5 Å². The highest BCUT2D eigenvalue weighted by atomic mass is 19.4. The fourth-order valence-electron chi connectivity index (χ4n) is 5.04. The number of hydrogen-bond donors (Lipinski definition) is 0. The van der Waals surface area contributed by atoms with Crippen LogP contribution in [0.5, 0.6) is 0 Å². The van der Waals surface area contributed by atoms with Crippen LogP contribution in [0.1, 0.15) is 37.4 Å². The normalized spacial score (nSPS) is 12.4. The third kappa shape index (κ3) is 5.82. The van der Waals surface area contributed by atoms with E-state index in [0.29, 0.717) is 12.6 Å². The minimum atomic E-state index is -4.67. The van der Waals surface area contributed by atoms with Crippen molar-refractivity contribution in [2.45, 2.75) is 18.5 Å². The second kappa shape index (κ2) is 11.0. The van der Waals surface area contributed by atoms with Gasteiger partial charge in [0, 0.05) is 16.5 Å². The molecule has 0 amide bonds. The molecule has 0 aliphatic rings. The molecule has 0 unspecified atom stereocenters. The average molecular weight is 616 g/mol. The van der Waals surface area contributed by atoms with Crippen molar-refractivity contribution in [2.75, 3.05) is 0 Å². The lowest BCUT2D eigenvalue weighted by molar-refractivity contribution is -0.138. The molecule has 11 heteroatoms. The number of alkyl halides is 9. The maximum absolute atomic E-state index is 13.4. The number of aldehydes is 2. The predicted molar refractivity (Wildman–Crippen MR) is 146 cm³/mol. The highest BCUT2D eigenvalue weighted by Crippen LogP contribution is 2.44. The molecule has 0 bridgehead atoms. The molecule has 0 aliphatic carbocycles. The first-order valence-electron chi connectivity index (χ1n) is 12.7. The molecule has 0 N–H and O–H groups in total. The summed E-state index contributed by atoms with van der Waals surface area (Å²) in [5.74, 6) is 0. The summed E-state index contributed by atoms with van der Waals surface area (Å²) in [4.78, 5) is 24.5. The Morgan fingerprint density at radius 2 is 0.818 bits per heavy atom. The van der Waals surface area contributed by atoms with Gasteiger partial charge in [0.25, 0.3) is 0 Å². The van der Waals surface area contributed by atoms with E-state index in [0.717, 1.165) is 60.7 Å². The highest BCUT2D eigenvalue weighted by molar-refractivity contribution is 6.16. The standard InChI is InChI=1S/C33H17F9O2/c34-31(35,36)24-7-1-18(2-8-24)21-13-22(16-43)29-23(17-44)15-27(19-3-9-25(10-4-19)32(37,38)39)30(28(29)14-21)20-5-11-26(12-6-20)33(40,41)42/h1-17H. The fraction of sp³-hybridized carbons (Fsp3) is 0.0909. The smallest absolute Gasteiger partial charge is 0.298 e. The molecule has 5 aromatic rings. The molecule has 0 aliphatic heterocycles. The lowest BCUT2D eigenvalue weighted by Gasteiger charge is -2.19. The lowest BCUT2D eigenvalue weighted by Crippen LogP contribution is -2.05. The summed E-state index contributed by atoms with van der Waals surface area (Å²) in [6.45, 7) is 0. The summed E-state index contributed by atoms with van der Waals surface area (Å²) in [7, 11) is 0. The van der Waals surface area contributed by atoms with E-state index in [9.17, 15) is 49.1 Å². The van der Waals surface area contributed by atoms with E-state index in [-0.39, 0.29) is 55.3 Å². The Labute approximate surface area is 243 Å². The van der Waals surface area contributed by atoms with Crippen LogP contribution in [0.3, 0.4) is 0 Å². The lowest BCUT2D eigenvalue weighted by atomic mass is 9.84. The van der Waals surface area contributed by atoms with Crippen LogP contribution >= 0.6 is 0 Å². The number of carbonyl (C=O) groups is 2. The van der Waals surface area contributed by atoms with E-state index in [1.165, 1.54) is 30.3 Å². The Morgan fingerprint density at radius 3 is 1.23 bits per heavy atom. The van der Waals surface area contributed by atoms with Gasteiger partial charge in [-0.2, -0.15) is 39.5 Å². The van der Waals surface area contributed by atoms with Gasteiger partial charge in [-0.25, -0.2) is 0 Å². The van der Waals surface area contributed by atoms with Crippen molar-refractivity contribution in [1.29, 1.82) is 0 Å². The number of hydrogen-bond acceptors (Lipinski definition) is 2. The van der Waals surface area contributed by atoms with Crippen LogP contribution < -0.4 is 0 Å². The Balaban J connectivity index is 1.86. The summed E-state index contributed by atoms with van der Waals surface area (Å²) < 4.78 is 119. The molecule has 5 aromatic carbocycles. The van der Waals surface area contributed by atoms with Gasteiger partial charge in [-0.1, -0.05) is 36.4 Å². The first-order valence-corrected chi connectivity index (χ1v) is 12.7. The van der Waals surface area contributed by atoms with Crippen molar-refractivity contribution in [3.63, 3.8) is 0 Å². The maximum atomic E-state index is 13.4. The molecule has 5 rings (SSSR count). The summed E-state index contributed by atoms with van der Waals surface area (Å²) in [5, 5.41) is 0.278. The molecule has 0 heterocycles. The molecule has 0 fully saturated rings. The van der Waals surface area contributed by atoms with Crippen molar-refractivity contribution < 1.29 is 49.1 Å². The van der Waals surface area contributed by atoms with Crippen LogP contribution in [-0.4, -0.2) is 12.6 Å². The summed E-state index contributed by atoms with van der Waals surface area (Å²) >= 11 is 0. The first kappa shape index (κ1) is 30.5. The number of rotatable bonds is 5. The largest absolute Gasteiger partial charge is 0.416 e. The monoisotopic (exact) mass is 616 g/mol. The van der Waals surface area contributed by atoms with Gasteiger partial charge in [0.05, 0.1) is 16.7 Å². The number of halogens is 9. The van der Waals surface area contributed by atoms with E-state index in [1.54, 1.807) is 0 Å². The molecule has 2 nitrogen and oxygen atoms in total. The van der Waals surface area contributed by atoms with Crippen LogP contribution in [0.25, 0.3) is 44.2 Å². The molecule has 0 aromatic heterocycles. The van der Waals surface area contributed by atoms with E-state index in [1.807, 2.05) is 0 Å². The number of benzene rings is 5. The molecular formula is C33H17F9O2. The fourth-order valence-corrected chi connectivity index (χ4v) is 5.04. The molecular weight excluding hydrogens is 599 g/mol. The predicted octanol–water partition coefficient (Wildman–Crippen LogP) is 10.5. The third-order valence-corrected chi connectivity index (χ3v) is 7.12. The maximum Gasteiger partial charge on any atom is 0.416 e. The molecule has 44 heavy (non-hydrogen) atoms. The van der Waals surface area contributed by atoms with E-state index >= 15 is 0 Å². The van der Waals surface area contributed by atoms with Crippen molar-refractivity contribution in [1.82, 2.24) is 0 Å². The van der Waals surface area contributed by atoms with Crippen molar-refractivity contribution in [2.24, 2.45) is 0 Å². The molecule has 0 radical (unpaired) electrons. The van der Waals surface area contributed by atoms with Gasteiger partial charge in [0.15, 0.2) is 12.6 Å². The Kier molecular flexibility index (Phi) is 7.61. The topological polar surface area (TPSA) is 34.1 Å². The van der Waals surface area contributed by atoms with E-state index < -0.39 is 35.2 Å². The van der Waals surface area contributed by atoms with Gasteiger partial charge < -0.3 is 0 Å². The molecule has 224 valence electrons. The van der Waals surface area contributed by atoms with Crippen molar-refractivity contribution >= 4 is 23.3 Å². The van der Waals surface area contributed by atoms with Gasteiger partial charge in [-0.05, 0) is 93.4 Å². The summed E-state index contributed by atoms with van der Waals surface area (Å²) in [6, 6.07) is 16.0. The third-order valence-electron chi connectivity index (χ3n) is 7.12. The molecule has 0 spiro atoms. The quantitative estimate of drug-likeness (QED) is 0.145. The molecule has 0 atom stereocenters. The first-order chi connectivity index (χ1) is 20.6. The Bertz CT molecular complexity index is 1850.